The van der Waals surface area contributed by atoms with Gasteiger partial charge in [0.15, 0.2) is 4.80 Å². The second kappa shape index (κ2) is 8.19. The highest BCUT2D eigenvalue weighted by atomic mass is 32.1. The number of nitrogens with zero attached hydrogens (tertiary/aromatic N) is 3. The Morgan fingerprint density at radius 2 is 2.11 bits per heavy atom. The Kier molecular flexibility index (Phi) is 5.72. The number of rotatable bonds is 6. The molecule has 1 amide bonds. The van der Waals surface area contributed by atoms with Crippen molar-refractivity contribution in [3.63, 3.8) is 0 Å². The summed E-state index contributed by atoms with van der Waals surface area (Å²) in [5.41, 5.74) is 0.523. The molecule has 0 saturated heterocycles. The molecular weight excluding hydrogens is 373 g/mol. The molecule has 0 aliphatic carbocycles. The minimum atomic E-state index is -0.709. The zero-order valence-corrected chi connectivity index (χ0v) is 15.2. The Balaban J connectivity index is 2.11. The Bertz CT molecular complexity index is 1070. The number of hydrogen-bond donors (Lipinski definition) is 0. The number of fused-ring (bicyclic) bond motifs is 1. The number of aromatic nitrogens is 1. The Labute approximate surface area is 157 Å². The summed E-state index contributed by atoms with van der Waals surface area (Å²) >= 11 is 1.14. The molecule has 0 fully saturated rings. The molecule has 1 heterocycles. The van der Waals surface area contributed by atoms with Gasteiger partial charge in [-0.1, -0.05) is 23.5 Å². The summed E-state index contributed by atoms with van der Waals surface area (Å²) in [6.07, 6.45) is 0. The maximum Gasteiger partial charge on any atom is 0.282 e. The first-order chi connectivity index (χ1) is 13.0. The second-order valence-corrected chi connectivity index (χ2v) is 6.55. The second-order valence-electron chi connectivity index (χ2n) is 5.54. The van der Waals surface area contributed by atoms with E-state index < -0.39 is 16.6 Å². The molecule has 0 bridgehead atoms. The molecule has 0 radical (unpaired) electrons. The molecule has 140 valence electrons. The van der Waals surface area contributed by atoms with Gasteiger partial charge in [-0.15, -0.1) is 0 Å². The highest BCUT2D eigenvalue weighted by Gasteiger charge is 2.14. The maximum atomic E-state index is 13.9. The number of non-ortho nitro benzene ring substituents is 1. The lowest BCUT2D eigenvalue weighted by Gasteiger charge is -2.05. The summed E-state index contributed by atoms with van der Waals surface area (Å²) in [4.78, 5) is 27.3. The van der Waals surface area contributed by atoms with Gasteiger partial charge in [-0.25, -0.2) is 4.39 Å². The largest absolute Gasteiger partial charge is 0.380 e. The van der Waals surface area contributed by atoms with Crippen molar-refractivity contribution in [2.75, 3.05) is 13.2 Å². The molecule has 9 heteroatoms. The summed E-state index contributed by atoms with van der Waals surface area (Å²) in [6.45, 7) is 3.21. The van der Waals surface area contributed by atoms with Crippen molar-refractivity contribution in [1.29, 1.82) is 0 Å². The van der Waals surface area contributed by atoms with Crippen LogP contribution >= 0.6 is 11.3 Å². The number of halogens is 1. The quantitative estimate of drug-likeness (QED) is 0.367. The summed E-state index contributed by atoms with van der Waals surface area (Å²) < 4.78 is 21.6. The van der Waals surface area contributed by atoms with Gasteiger partial charge < -0.3 is 9.30 Å². The SMILES string of the molecule is CCOCCn1c(=NC(=O)c2ccccc2F)sc2cc([N+](=O)[O-])ccc21. The van der Waals surface area contributed by atoms with Gasteiger partial charge in [0.1, 0.15) is 5.82 Å². The first-order valence-corrected chi connectivity index (χ1v) is 9.02. The van der Waals surface area contributed by atoms with Gasteiger partial charge in [0.05, 0.1) is 27.3 Å². The van der Waals surface area contributed by atoms with Crippen LogP contribution in [0.25, 0.3) is 10.2 Å². The van der Waals surface area contributed by atoms with Crippen molar-refractivity contribution in [2.24, 2.45) is 4.99 Å². The maximum absolute atomic E-state index is 13.9. The van der Waals surface area contributed by atoms with Gasteiger partial charge in [0, 0.05) is 25.3 Å². The number of nitro benzene ring substituents is 1. The lowest BCUT2D eigenvalue weighted by Crippen LogP contribution is -2.20. The third kappa shape index (κ3) is 4.09. The molecule has 1 aromatic heterocycles. The van der Waals surface area contributed by atoms with Crippen molar-refractivity contribution in [3.05, 3.63) is 68.8 Å². The van der Waals surface area contributed by atoms with E-state index >= 15 is 0 Å². The molecule has 0 N–H and O–H groups in total. The number of thiazole rings is 1. The molecule has 3 aromatic rings. The summed E-state index contributed by atoms with van der Waals surface area (Å²) in [7, 11) is 0. The van der Waals surface area contributed by atoms with Crippen LogP contribution in [0, 0.1) is 15.9 Å². The fourth-order valence-corrected chi connectivity index (χ4v) is 3.65. The highest BCUT2D eigenvalue weighted by molar-refractivity contribution is 7.16. The molecular formula is C18H16FN3O4S. The normalized spacial score (nSPS) is 11.9. The number of carbonyl (C=O) groups is 1. The van der Waals surface area contributed by atoms with Crippen LogP contribution in [-0.4, -0.2) is 28.6 Å². The van der Waals surface area contributed by atoms with Gasteiger partial charge in [-0.2, -0.15) is 4.99 Å². The van der Waals surface area contributed by atoms with Gasteiger partial charge in [0.25, 0.3) is 11.6 Å². The van der Waals surface area contributed by atoms with Gasteiger partial charge in [-0.3, -0.25) is 14.9 Å². The minimum absolute atomic E-state index is 0.0484. The van der Waals surface area contributed by atoms with Crippen molar-refractivity contribution in [3.8, 4) is 0 Å². The lowest BCUT2D eigenvalue weighted by atomic mass is 10.2. The van der Waals surface area contributed by atoms with E-state index in [0.717, 1.165) is 11.3 Å². The van der Waals surface area contributed by atoms with Crippen LogP contribution < -0.4 is 4.80 Å². The number of ether oxygens (including phenoxy) is 1. The molecule has 0 spiro atoms. The predicted molar refractivity (Wildman–Crippen MR) is 99.3 cm³/mol. The van der Waals surface area contributed by atoms with Crippen LogP contribution in [0.2, 0.25) is 0 Å². The average Bonchev–Trinajstić information content (AvgIpc) is 2.98. The molecule has 0 aliphatic rings. The fourth-order valence-electron chi connectivity index (χ4n) is 2.56. The molecule has 7 nitrogen and oxygen atoms in total. The number of amides is 1. The van der Waals surface area contributed by atoms with E-state index in [1.54, 1.807) is 16.7 Å². The topological polar surface area (TPSA) is 86.7 Å². The molecule has 3 rings (SSSR count). The minimum Gasteiger partial charge on any atom is -0.380 e. The van der Waals surface area contributed by atoms with Crippen molar-refractivity contribution in [2.45, 2.75) is 13.5 Å². The van der Waals surface area contributed by atoms with Crippen LogP contribution in [0.5, 0.6) is 0 Å². The van der Waals surface area contributed by atoms with Crippen LogP contribution in [0.3, 0.4) is 0 Å². The first-order valence-electron chi connectivity index (χ1n) is 8.20. The molecule has 0 atom stereocenters. The van der Waals surface area contributed by atoms with E-state index in [9.17, 15) is 19.3 Å². The lowest BCUT2D eigenvalue weighted by molar-refractivity contribution is -0.384. The van der Waals surface area contributed by atoms with E-state index in [4.69, 9.17) is 4.74 Å². The smallest absolute Gasteiger partial charge is 0.282 e. The van der Waals surface area contributed by atoms with Crippen LogP contribution in [0.4, 0.5) is 10.1 Å². The van der Waals surface area contributed by atoms with E-state index in [0.29, 0.717) is 34.8 Å². The van der Waals surface area contributed by atoms with Crippen LogP contribution in [0.1, 0.15) is 17.3 Å². The van der Waals surface area contributed by atoms with E-state index in [1.807, 2.05) is 6.92 Å². The molecule has 0 aliphatic heterocycles. The standard InChI is InChI=1S/C18H16FN3O4S/c1-2-26-10-9-21-15-8-7-12(22(24)25)11-16(15)27-18(21)20-17(23)13-5-3-4-6-14(13)19/h3-8,11H,2,9-10H2,1H3. The van der Waals surface area contributed by atoms with Gasteiger partial charge >= 0.3 is 0 Å². The van der Waals surface area contributed by atoms with Crippen LogP contribution in [-0.2, 0) is 11.3 Å². The fraction of sp³-hybridized carbons (Fsp3) is 0.222. The zero-order valence-electron chi connectivity index (χ0n) is 14.4. The van der Waals surface area contributed by atoms with Gasteiger partial charge in [-0.05, 0) is 25.1 Å². The van der Waals surface area contributed by atoms with Crippen molar-refractivity contribution >= 4 is 33.1 Å². The number of benzene rings is 2. The highest BCUT2D eigenvalue weighted by Crippen LogP contribution is 2.23. The zero-order chi connectivity index (χ0) is 19.4. The average molecular weight is 389 g/mol. The van der Waals surface area contributed by atoms with Gasteiger partial charge in [0.2, 0.25) is 0 Å². The number of hydrogen-bond acceptors (Lipinski definition) is 5. The van der Waals surface area contributed by atoms with Crippen molar-refractivity contribution in [1.82, 2.24) is 4.57 Å². The Hall–Kier alpha value is -2.91. The number of carbonyl (C=O) groups excluding carboxylic acids is 1. The Morgan fingerprint density at radius 1 is 1.33 bits per heavy atom. The van der Waals surface area contributed by atoms with E-state index in [-0.39, 0.29) is 11.3 Å². The summed E-state index contributed by atoms with van der Waals surface area (Å²) in [5.74, 6) is -1.36. The predicted octanol–water partition coefficient (Wildman–Crippen LogP) is 3.53. The van der Waals surface area contributed by atoms with E-state index in [2.05, 4.69) is 4.99 Å². The monoisotopic (exact) mass is 389 g/mol. The summed E-state index contributed by atoms with van der Waals surface area (Å²) in [5, 5.41) is 11.0. The first kappa shape index (κ1) is 18.9. The third-order valence-corrected chi connectivity index (χ3v) is 4.88. The molecule has 2 aromatic carbocycles. The Morgan fingerprint density at radius 3 is 2.81 bits per heavy atom. The van der Waals surface area contributed by atoms with Crippen LogP contribution in [0.15, 0.2) is 47.5 Å². The molecule has 0 unspecified atom stereocenters. The third-order valence-electron chi connectivity index (χ3n) is 3.84. The summed E-state index contributed by atoms with van der Waals surface area (Å²) in [6, 6.07) is 10.1. The molecule has 0 saturated carbocycles. The number of nitro groups is 1. The van der Waals surface area contributed by atoms with Crippen molar-refractivity contribution < 1.29 is 18.8 Å². The molecule has 27 heavy (non-hydrogen) atoms. The van der Waals surface area contributed by atoms with E-state index in [1.165, 1.54) is 30.3 Å².